The van der Waals surface area contributed by atoms with Crippen molar-refractivity contribution in [2.75, 3.05) is 18.4 Å². The van der Waals surface area contributed by atoms with Crippen molar-refractivity contribution in [1.29, 1.82) is 0 Å². The first-order valence-corrected chi connectivity index (χ1v) is 14.5. The number of rotatable bonds is 21. The van der Waals surface area contributed by atoms with Gasteiger partial charge < -0.3 is 31.6 Å². The second-order valence-corrected chi connectivity index (χ2v) is 11.1. The van der Waals surface area contributed by atoms with Crippen LogP contribution in [0.5, 0.6) is 0 Å². The summed E-state index contributed by atoms with van der Waals surface area (Å²) >= 11 is 0. The van der Waals surface area contributed by atoms with Crippen molar-refractivity contribution in [1.82, 2.24) is 20.5 Å². The maximum atomic E-state index is 5.66. The third-order valence-electron chi connectivity index (χ3n) is 6.80. The minimum Gasteiger partial charge on any atom is -0.386 e. The van der Waals surface area contributed by atoms with Crippen molar-refractivity contribution in [2.24, 2.45) is 11.7 Å². The van der Waals surface area contributed by atoms with E-state index in [1.807, 2.05) is 12.1 Å². The Morgan fingerprint density at radius 2 is 1.52 bits per heavy atom. The zero-order valence-electron chi connectivity index (χ0n) is 25.0. The Bertz CT molecular complexity index is 1180. The molecule has 0 saturated heterocycles. The Morgan fingerprint density at radius 1 is 0.850 bits per heavy atom. The highest BCUT2D eigenvalue weighted by atomic mass is 15.0. The van der Waals surface area contributed by atoms with Crippen LogP contribution < -0.4 is 37.7 Å². The van der Waals surface area contributed by atoms with Gasteiger partial charge in [0, 0.05) is 46.6 Å². The first-order valence-electron chi connectivity index (χ1n) is 14.5. The van der Waals surface area contributed by atoms with E-state index in [9.17, 15) is 0 Å². The largest absolute Gasteiger partial charge is 0.386 e. The van der Waals surface area contributed by atoms with Gasteiger partial charge in [-0.3, -0.25) is 0 Å². The average Bonchev–Trinajstić information content (AvgIpc) is 3.21. The van der Waals surface area contributed by atoms with E-state index in [0.29, 0.717) is 18.3 Å². The Labute approximate surface area is 242 Å². The van der Waals surface area contributed by atoms with Crippen LogP contribution in [0.25, 0.3) is 13.2 Å². The molecule has 0 radical (unpaired) electrons. The lowest BCUT2D eigenvalue weighted by atomic mass is 10.0. The van der Waals surface area contributed by atoms with Crippen LogP contribution in [0.2, 0.25) is 0 Å². The minimum atomic E-state index is 0.00956. The molecule has 6 N–H and O–H groups in total. The summed E-state index contributed by atoms with van der Waals surface area (Å²) in [5.41, 5.74) is 10.9. The third kappa shape index (κ3) is 12.4. The van der Waals surface area contributed by atoms with Gasteiger partial charge in [0.2, 0.25) is 0 Å². The third-order valence-corrected chi connectivity index (χ3v) is 6.80. The van der Waals surface area contributed by atoms with Crippen molar-refractivity contribution in [3.05, 3.63) is 102 Å². The number of allylic oxidation sites excluding steroid dienone is 1. The number of aromatic nitrogens is 1. The molecule has 1 unspecified atom stereocenters. The van der Waals surface area contributed by atoms with E-state index in [0.717, 1.165) is 91.5 Å². The Balaban J connectivity index is 1.79. The SMILES string of the molecule is C=C(N)NCCCC(NC(=C)CNC(=C)CCCCCn1c(=C)ccc1=C)C(=C)Nc1ccc(CC(C)C)cc1. The number of hydrogen-bond donors (Lipinski definition) is 5. The van der Waals surface area contributed by atoms with Crippen LogP contribution in [-0.4, -0.2) is 23.7 Å². The van der Waals surface area contributed by atoms with E-state index in [4.69, 9.17) is 5.73 Å². The molecule has 1 aromatic carbocycles. The number of anilines is 1. The number of nitrogens with zero attached hydrogens (tertiary/aromatic N) is 1. The van der Waals surface area contributed by atoms with E-state index in [-0.39, 0.29) is 6.04 Å². The smallest absolute Gasteiger partial charge is 0.0885 e. The molecule has 0 fully saturated rings. The second kappa shape index (κ2) is 17.0. The topological polar surface area (TPSA) is 79.1 Å². The fraction of sp³-hybridized carbons (Fsp3) is 0.412. The molecule has 0 spiro atoms. The van der Waals surface area contributed by atoms with Crippen molar-refractivity contribution in [2.45, 2.75) is 71.4 Å². The summed E-state index contributed by atoms with van der Waals surface area (Å²) in [5, 5.41) is 15.6. The van der Waals surface area contributed by atoms with E-state index >= 15 is 0 Å². The van der Waals surface area contributed by atoms with Gasteiger partial charge in [0.1, 0.15) is 0 Å². The predicted octanol–water partition coefficient (Wildman–Crippen LogP) is 5.07. The highest BCUT2D eigenvalue weighted by Gasteiger charge is 2.14. The standard InChI is InChI=1S/C34H52N6/c1-25(2)23-32-17-19-33(20-18-32)39-30(7)34(14-12-21-36-31(8)35)38-27(4)24-37-26(3)13-10-9-11-22-40-28(5)15-16-29(40)6/h15-20,25,34,36-39H,3-14,21-24,35H2,1-2H3. The molecule has 40 heavy (non-hydrogen) atoms. The molecule has 1 atom stereocenters. The van der Waals surface area contributed by atoms with Gasteiger partial charge in [-0.15, -0.1) is 0 Å². The fourth-order valence-electron chi connectivity index (χ4n) is 4.60. The molecule has 0 aliphatic heterocycles. The van der Waals surface area contributed by atoms with Crippen molar-refractivity contribution in [3.63, 3.8) is 0 Å². The van der Waals surface area contributed by atoms with Crippen LogP contribution in [-0.2, 0) is 13.0 Å². The van der Waals surface area contributed by atoms with E-state index in [1.54, 1.807) is 0 Å². The van der Waals surface area contributed by atoms with Crippen molar-refractivity contribution in [3.8, 4) is 0 Å². The van der Waals surface area contributed by atoms with Crippen LogP contribution in [0, 0.1) is 5.92 Å². The Morgan fingerprint density at radius 3 is 2.15 bits per heavy atom. The molecule has 6 heteroatoms. The van der Waals surface area contributed by atoms with Gasteiger partial charge in [-0.05, 0) is 74.3 Å². The van der Waals surface area contributed by atoms with Gasteiger partial charge in [0.05, 0.1) is 18.4 Å². The molecule has 2 aromatic rings. The summed E-state index contributed by atoms with van der Waals surface area (Å²) in [6.45, 7) is 31.5. The summed E-state index contributed by atoms with van der Waals surface area (Å²) in [6.07, 6.45) is 7.10. The molecular weight excluding hydrogens is 492 g/mol. The molecule has 6 nitrogen and oxygen atoms in total. The van der Waals surface area contributed by atoms with Gasteiger partial charge in [-0.2, -0.15) is 0 Å². The lowest BCUT2D eigenvalue weighted by Gasteiger charge is -2.25. The van der Waals surface area contributed by atoms with Crippen molar-refractivity contribution >= 4 is 18.8 Å². The highest BCUT2D eigenvalue weighted by molar-refractivity contribution is 5.50. The van der Waals surface area contributed by atoms with E-state index in [2.05, 4.69) is 103 Å². The first kappa shape index (κ1) is 32.4. The van der Waals surface area contributed by atoms with Crippen LogP contribution >= 0.6 is 0 Å². The molecule has 218 valence electrons. The minimum absolute atomic E-state index is 0.00956. The molecule has 2 rings (SSSR count). The zero-order valence-corrected chi connectivity index (χ0v) is 25.0. The average molecular weight is 545 g/mol. The van der Waals surface area contributed by atoms with Crippen LogP contribution in [0.3, 0.4) is 0 Å². The summed E-state index contributed by atoms with van der Waals surface area (Å²) in [7, 11) is 0. The van der Waals surface area contributed by atoms with Crippen LogP contribution in [0.15, 0.2) is 85.6 Å². The normalized spacial score (nSPS) is 11.6. The molecule has 0 amide bonds. The number of nitrogens with two attached hydrogens (primary N) is 1. The van der Waals surface area contributed by atoms with Crippen molar-refractivity contribution < 1.29 is 0 Å². The van der Waals surface area contributed by atoms with Crippen LogP contribution in [0.1, 0.15) is 57.9 Å². The van der Waals surface area contributed by atoms with E-state index in [1.165, 1.54) is 5.56 Å². The van der Waals surface area contributed by atoms with E-state index < -0.39 is 0 Å². The number of nitrogens with one attached hydrogen (secondary N) is 4. The monoisotopic (exact) mass is 544 g/mol. The molecule has 0 aliphatic carbocycles. The lowest BCUT2D eigenvalue weighted by molar-refractivity contribution is 0.543. The number of unbranched alkanes of at least 4 members (excludes halogenated alkanes) is 2. The zero-order chi connectivity index (χ0) is 29.5. The molecule has 0 aliphatic rings. The fourth-order valence-corrected chi connectivity index (χ4v) is 4.60. The summed E-state index contributed by atoms with van der Waals surface area (Å²) < 4.78 is 2.17. The molecule has 0 bridgehead atoms. The summed E-state index contributed by atoms with van der Waals surface area (Å²) in [5.74, 6) is 1.12. The van der Waals surface area contributed by atoms with Gasteiger partial charge in [-0.25, -0.2) is 0 Å². The van der Waals surface area contributed by atoms with Gasteiger partial charge in [0.15, 0.2) is 0 Å². The molecule has 1 aromatic heterocycles. The quantitative estimate of drug-likeness (QED) is 0.142. The maximum absolute atomic E-state index is 5.66. The molecule has 1 heterocycles. The predicted molar refractivity (Wildman–Crippen MR) is 175 cm³/mol. The molecular formula is C34H52N6. The van der Waals surface area contributed by atoms with Gasteiger partial charge >= 0.3 is 0 Å². The maximum Gasteiger partial charge on any atom is 0.0885 e. The number of hydrogen-bond acceptors (Lipinski definition) is 5. The molecule has 0 saturated carbocycles. The Kier molecular flexibility index (Phi) is 13.8. The first-order chi connectivity index (χ1) is 19.0. The van der Waals surface area contributed by atoms with Crippen LogP contribution in [0.4, 0.5) is 5.69 Å². The lowest BCUT2D eigenvalue weighted by Crippen LogP contribution is -2.36. The van der Waals surface area contributed by atoms with Gasteiger partial charge in [-0.1, -0.05) is 71.9 Å². The number of benzene rings is 1. The summed E-state index contributed by atoms with van der Waals surface area (Å²) in [6, 6.07) is 12.6. The highest BCUT2D eigenvalue weighted by Crippen LogP contribution is 2.17. The second-order valence-electron chi connectivity index (χ2n) is 11.1. The Hall–Kier alpha value is -3.80. The summed E-state index contributed by atoms with van der Waals surface area (Å²) in [4.78, 5) is 0. The van der Waals surface area contributed by atoms with Gasteiger partial charge in [0.25, 0.3) is 0 Å².